The molecule has 0 bridgehead atoms. The van der Waals surface area contributed by atoms with Crippen molar-refractivity contribution in [2.24, 2.45) is 0 Å². The van der Waals surface area contributed by atoms with E-state index in [1.807, 2.05) is 18.2 Å². The molecule has 3 nitrogen and oxygen atoms in total. The van der Waals surface area contributed by atoms with Gasteiger partial charge in [0.05, 0.1) is 11.6 Å². The summed E-state index contributed by atoms with van der Waals surface area (Å²) < 4.78 is 11.5. The first kappa shape index (κ1) is 16.8. The van der Waals surface area contributed by atoms with Crippen LogP contribution in [0.25, 0.3) is 0 Å². The van der Waals surface area contributed by atoms with Crippen molar-refractivity contribution in [1.82, 2.24) is 5.32 Å². The van der Waals surface area contributed by atoms with Gasteiger partial charge in [-0.1, -0.05) is 39.1 Å². The van der Waals surface area contributed by atoms with Crippen molar-refractivity contribution in [3.8, 4) is 5.75 Å². The Morgan fingerprint density at radius 2 is 2.26 bits per heavy atom. The van der Waals surface area contributed by atoms with Crippen LogP contribution >= 0.6 is 39.1 Å². The topological polar surface area (TPSA) is 30.5 Å². The Balaban J connectivity index is 2.55. The minimum Gasteiger partial charge on any atom is -0.488 e. The number of nitrogens with one attached hydrogen (secondary N) is 1. The number of methoxy groups -OCH3 is 1. The maximum Gasteiger partial charge on any atom is 0.125 e. The van der Waals surface area contributed by atoms with Gasteiger partial charge in [-0.2, -0.15) is 0 Å². The SMILES string of the molecule is COCCNCc1cc(OC/C(Cl)=C/Cl)ccc1Br. The lowest BCUT2D eigenvalue weighted by Gasteiger charge is -2.10. The normalized spacial score (nSPS) is 11.7. The summed E-state index contributed by atoms with van der Waals surface area (Å²) in [7, 11) is 1.68. The first-order chi connectivity index (χ1) is 9.17. The summed E-state index contributed by atoms with van der Waals surface area (Å²) in [5, 5.41) is 3.74. The molecule has 0 aliphatic rings. The van der Waals surface area contributed by atoms with Crippen LogP contribution < -0.4 is 10.1 Å². The summed E-state index contributed by atoms with van der Waals surface area (Å²) in [6.45, 7) is 2.49. The predicted octanol–water partition coefficient (Wildman–Crippen LogP) is 3.88. The number of halogens is 3. The molecule has 1 aromatic rings. The monoisotopic (exact) mass is 367 g/mol. The number of benzene rings is 1. The van der Waals surface area contributed by atoms with Gasteiger partial charge in [-0.25, -0.2) is 0 Å². The minimum absolute atomic E-state index is 0.267. The van der Waals surface area contributed by atoms with Crippen molar-refractivity contribution < 1.29 is 9.47 Å². The second kappa shape index (κ2) is 9.61. The lowest BCUT2D eigenvalue weighted by molar-refractivity contribution is 0.199. The summed E-state index contributed by atoms with van der Waals surface area (Å²) in [6.07, 6.45) is 0. The molecule has 106 valence electrons. The van der Waals surface area contributed by atoms with Crippen LogP contribution in [-0.4, -0.2) is 26.9 Å². The smallest absolute Gasteiger partial charge is 0.125 e. The molecule has 0 radical (unpaired) electrons. The van der Waals surface area contributed by atoms with Crippen molar-refractivity contribution >= 4 is 39.1 Å². The fourth-order valence-electron chi connectivity index (χ4n) is 1.36. The Morgan fingerprint density at radius 3 is 2.95 bits per heavy atom. The lowest BCUT2D eigenvalue weighted by atomic mass is 10.2. The summed E-state index contributed by atoms with van der Waals surface area (Å²) >= 11 is 14.8. The highest BCUT2D eigenvalue weighted by molar-refractivity contribution is 9.10. The Hall–Kier alpha value is -0.260. The van der Waals surface area contributed by atoms with Gasteiger partial charge in [0.15, 0.2) is 0 Å². The first-order valence-electron chi connectivity index (χ1n) is 5.73. The van der Waals surface area contributed by atoms with Gasteiger partial charge >= 0.3 is 0 Å². The number of hydrogen-bond acceptors (Lipinski definition) is 3. The van der Waals surface area contributed by atoms with E-state index in [9.17, 15) is 0 Å². The molecule has 0 aliphatic heterocycles. The molecule has 0 amide bonds. The van der Waals surface area contributed by atoms with Crippen molar-refractivity contribution in [3.05, 3.63) is 38.8 Å². The van der Waals surface area contributed by atoms with Crippen LogP contribution in [0.2, 0.25) is 0 Å². The van der Waals surface area contributed by atoms with Gasteiger partial charge in [0.1, 0.15) is 12.4 Å². The molecule has 0 unspecified atom stereocenters. The zero-order valence-electron chi connectivity index (χ0n) is 10.6. The average molecular weight is 369 g/mol. The first-order valence-corrected chi connectivity index (χ1v) is 7.33. The highest BCUT2D eigenvalue weighted by Gasteiger charge is 2.03. The zero-order valence-corrected chi connectivity index (χ0v) is 13.7. The van der Waals surface area contributed by atoms with E-state index >= 15 is 0 Å². The maximum absolute atomic E-state index is 5.77. The number of hydrogen-bond donors (Lipinski definition) is 1. The second-order valence-electron chi connectivity index (χ2n) is 3.77. The summed E-state index contributed by atoms with van der Waals surface area (Å²) in [4.78, 5) is 0. The fraction of sp³-hybridized carbons (Fsp3) is 0.385. The molecular weight excluding hydrogens is 353 g/mol. The molecule has 0 spiro atoms. The van der Waals surface area contributed by atoms with E-state index in [0.717, 1.165) is 28.9 Å². The van der Waals surface area contributed by atoms with E-state index in [4.69, 9.17) is 32.7 Å². The molecule has 1 aromatic carbocycles. The molecule has 0 fully saturated rings. The Morgan fingerprint density at radius 1 is 1.47 bits per heavy atom. The molecule has 0 aromatic heterocycles. The van der Waals surface area contributed by atoms with Gasteiger partial charge < -0.3 is 14.8 Å². The van der Waals surface area contributed by atoms with Gasteiger partial charge in [-0.3, -0.25) is 0 Å². The molecule has 0 aliphatic carbocycles. The summed E-state index contributed by atoms with van der Waals surface area (Å²) in [5.41, 5.74) is 2.41. The summed E-state index contributed by atoms with van der Waals surface area (Å²) in [5.74, 6) is 0.753. The summed E-state index contributed by atoms with van der Waals surface area (Å²) in [6, 6.07) is 5.78. The zero-order chi connectivity index (χ0) is 14.1. The van der Waals surface area contributed by atoms with E-state index in [1.165, 1.54) is 5.54 Å². The van der Waals surface area contributed by atoms with Gasteiger partial charge in [-0.15, -0.1) is 0 Å². The van der Waals surface area contributed by atoms with Gasteiger partial charge in [0, 0.05) is 30.2 Å². The standard InChI is InChI=1S/C13H16BrCl2NO2/c1-18-5-4-17-8-10-6-12(2-3-13(10)14)19-9-11(16)7-15/h2-3,6-7,17H,4-5,8-9H2,1H3/b11-7-. The third-order valence-corrected chi connectivity index (χ3v) is 3.68. The van der Waals surface area contributed by atoms with Crippen LogP contribution in [0, 0.1) is 0 Å². The fourth-order valence-corrected chi connectivity index (χ4v) is 1.86. The van der Waals surface area contributed by atoms with Crippen LogP contribution in [0.3, 0.4) is 0 Å². The molecule has 0 atom stereocenters. The van der Waals surface area contributed by atoms with E-state index in [2.05, 4.69) is 21.2 Å². The van der Waals surface area contributed by atoms with E-state index in [1.54, 1.807) is 7.11 Å². The van der Waals surface area contributed by atoms with Crippen molar-refractivity contribution in [2.45, 2.75) is 6.54 Å². The largest absolute Gasteiger partial charge is 0.488 e. The van der Waals surface area contributed by atoms with Crippen LogP contribution in [0.15, 0.2) is 33.2 Å². The van der Waals surface area contributed by atoms with Gasteiger partial charge in [-0.05, 0) is 23.8 Å². The minimum atomic E-state index is 0.267. The third-order valence-electron chi connectivity index (χ3n) is 2.31. The van der Waals surface area contributed by atoms with Crippen LogP contribution in [-0.2, 0) is 11.3 Å². The Labute approximate surface area is 132 Å². The van der Waals surface area contributed by atoms with Crippen molar-refractivity contribution in [1.29, 1.82) is 0 Å². The Bertz CT molecular complexity index is 427. The van der Waals surface area contributed by atoms with Crippen LogP contribution in [0.1, 0.15) is 5.56 Å². The predicted molar refractivity (Wildman–Crippen MR) is 83.0 cm³/mol. The maximum atomic E-state index is 5.77. The highest BCUT2D eigenvalue weighted by atomic mass is 79.9. The van der Waals surface area contributed by atoms with Crippen molar-refractivity contribution in [3.63, 3.8) is 0 Å². The molecule has 6 heteroatoms. The molecule has 0 saturated heterocycles. The molecule has 1 N–H and O–H groups in total. The molecular formula is C13H16BrCl2NO2. The molecule has 0 heterocycles. The van der Waals surface area contributed by atoms with E-state index in [-0.39, 0.29) is 6.61 Å². The highest BCUT2D eigenvalue weighted by Crippen LogP contribution is 2.23. The molecule has 19 heavy (non-hydrogen) atoms. The Kier molecular flexibility index (Phi) is 8.50. The van der Waals surface area contributed by atoms with Gasteiger partial charge in [0.25, 0.3) is 0 Å². The van der Waals surface area contributed by atoms with E-state index in [0.29, 0.717) is 11.6 Å². The second-order valence-corrected chi connectivity index (χ2v) is 5.33. The quantitative estimate of drug-likeness (QED) is 0.706. The number of rotatable bonds is 8. The van der Waals surface area contributed by atoms with Gasteiger partial charge in [0.2, 0.25) is 0 Å². The average Bonchev–Trinajstić information content (AvgIpc) is 2.43. The van der Waals surface area contributed by atoms with Crippen LogP contribution in [0.5, 0.6) is 5.75 Å². The van der Waals surface area contributed by atoms with E-state index < -0.39 is 0 Å². The molecule has 1 rings (SSSR count). The van der Waals surface area contributed by atoms with Crippen LogP contribution in [0.4, 0.5) is 0 Å². The van der Waals surface area contributed by atoms with Crippen molar-refractivity contribution in [2.75, 3.05) is 26.9 Å². The molecule has 0 saturated carbocycles. The lowest BCUT2D eigenvalue weighted by Crippen LogP contribution is -2.18. The number of ether oxygens (including phenoxy) is 2. The third kappa shape index (κ3) is 6.63.